The highest BCUT2D eigenvalue weighted by atomic mass is 35.5. The topological polar surface area (TPSA) is 34.2 Å². The van der Waals surface area contributed by atoms with Crippen molar-refractivity contribution in [3.63, 3.8) is 0 Å². The molecule has 1 heterocycles. The van der Waals surface area contributed by atoms with Crippen LogP contribution in [0.5, 0.6) is 5.88 Å². The third-order valence-electron chi connectivity index (χ3n) is 1.50. The van der Waals surface area contributed by atoms with E-state index < -0.39 is 0 Å². The van der Waals surface area contributed by atoms with Gasteiger partial charge in [0.1, 0.15) is 5.02 Å². The first-order valence-electron chi connectivity index (χ1n) is 4.11. The number of hydrogen-bond donors (Lipinski definition) is 1. The van der Waals surface area contributed by atoms with Crippen LogP contribution in [0.2, 0.25) is 5.02 Å². The van der Waals surface area contributed by atoms with Crippen LogP contribution in [0.15, 0.2) is 12.3 Å². The standard InChI is InChI=1S/C10H11ClN2O/c1-12-5-3-4-8-6-9(11)10(14-2)13-7-8/h6-7,12H,5H2,1-2H3. The zero-order valence-corrected chi connectivity index (χ0v) is 8.85. The van der Waals surface area contributed by atoms with Crippen LogP contribution >= 0.6 is 11.6 Å². The Morgan fingerprint density at radius 1 is 1.64 bits per heavy atom. The molecule has 74 valence electrons. The van der Waals surface area contributed by atoms with E-state index in [0.717, 1.165) is 5.56 Å². The molecule has 0 atom stereocenters. The Bertz CT molecular complexity index is 368. The first kappa shape index (κ1) is 10.8. The number of aromatic nitrogens is 1. The Morgan fingerprint density at radius 2 is 2.43 bits per heavy atom. The van der Waals surface area contributed by atoms with Crippen molar-refractivity contribution in [2.45, 2.75) is 0 Å². The van der Waals surface area contributed by atoms with Crippen LogP contribution in [0.25, 0.3) is 0 Å². The fourth-order valence-electron chi connectivity index (χ4n) is 0.879. The summed E-state index contributed by atoms with van der Waals surface area (Å²) in [4.78, 5) is 4.00. The summed E-state index contributed by atoms with van der Waals surface area (Å²) in [6, 6.07) is 1.73. The average Bonchev–Trinajstić information content (AvgIpc) is 2.18. The quantitative estimate of drug-likeness (QED) is 0.748. The van der Waals surface area contributed by atoms with Gasteiger partial charge >= 0.3 is 0 Å². The molecule has 1 N–H and O–H groups in total. The Kier molecular flexibility index (Phi) is 4.24. The summed E-state index contributed by atoms with van der Waals surface area (Å²) >= 11 is 5.87. The molecule has 0 bridgehead atoms. The molecule has 0 radical (unpaired) electrons. The van der Waals surface area contributed by atoms with E-state index in [1.165, 1.54) is 7.11 Å². The first-order valence-corrected chi connectivity index (χ1v) is 4.48. The van der Waals surface area contributed by atoms with E-state index in [4.69, 9.17) is 16.3 Å². The van der Waals surface area contributed by atoms with Crippen molar-refractivity contribution >= 4 is 11.6 Å². The van der Waals surface area contributed by atoms with E-state index in [-0.39, 0.29) is 0 Å². The lowest BCUT2D eigenvalue weighted by Gasteiger charge is -2.00. The SMILES string of the molecule is CNCC#Cc1cnc(OC)c(Cl)c1. The van der Waals surface area contributed by atoms with Gasteiger partial charge in [0.2, 0.25) is 5.88 Å². The van der Waals surface area contributed by atoms with Crippen molar-refractivity contribution in [2.75, 3.05) is 20.7 Å². The minimum atomic E-state index is 0.422. The Hall–Kier alpha value is -1.24. The van der Waals surface area contributed by atoms with Crippen molar-refractivity contribution in [1.82, 2.24) is 10.3 Å². The molecule has 0 unspecified atom stereocenters. The molecule has 0 fully saturated rings. The van der Waals surface area contributed by atoms with Crippen LogP contribution in [-0.2, 0) is 0 Å². The summed E-state index contributed by atoms with van der Waals surface area (Å²) in [5, 5.41) is 3.40. The Balaban J connectivity index is 2.82. The number of rotatable bonds is 2. The van der Waals surface area contributed by atoms with Crippen molar-refractivity contribution < 1.29 is 4.74 Å². The summed E-state index contributed by atoms with van der Waals surface area (Å²) in [6.45, 7) is 0.643. The lowest BCUT2D eigenvalue weighted by molar-refractivity contribution is 0.398. The predicted molar refractivity (Wildman–Crippen MR) is 56.6 cm³/mol. The van der Waals surface area contributed by atoms with Gasteiger partial charge in [-0.2, -0.15) is 0 Å². The molecular weight excluding hydrogens is 200 g/mol. The minimum absolute atomic E-state index is 0.422. The predicted octanol–water partition coefficient (Wildman–Crippen LogP) is 1.31. The highest BCUT2D eigenvalue weighted by Crippen LogP contribution is 2.21. The highest BCUT2D eigenvalue weighted by Gasteiger charge is 2.00. The Morgan fingerprint density at radius 3 is 3.00 bits per heavy atom. The maximum absolute atomic E-state index is 5.87. The number of halogens is 1. The third kappa shape index (κ3) is 2.91. The lowest BCUT2D eigenvalue weighted by atomic mass is 10.3. The van der Waals surface area contributed by atoms with Gasteiger partial charge in [0.25, 0.3) is 0 Å². The molecule has 4 heteroatoms. The summed E-state index contributed by atoms with van der Waals surface area (Å²) in [7, 11) is 3.37. The molecule has 3 nitrogen and oxygen atoms in total. The van der Waals surface area contributed by atoms with Crippen molar-refractivity contribution in [3.05, 3.63) is 22.8 Å². The molecule has 0 aliphatic heterocycles. The summed E-state index contributed by atoms with van der Waals surface area (Å²) < 4.78 is 4.92. The summed E-state index contributed by atoms with van der Waals surface area (Å²) in [6.07, 6.45) is 1.63. The Labute approximate surface area is 88.4 Å². The van der Waals surface area contributed by atoms with Crippen LogP contribution in [0.4, 0.5) is 0 Å². The maximum Gasteiger partial charge on any atom is 0.232 e. The fourth-order valence-corrected chi connectivity index (χ4v) is 1.12. The van der Waals surface area contributed by atoms with E-state index in [9.17, 15) is 0 Å². The van der Waals surface area contributed by atoms with Gasteiger partial charge in [-0.1, -0.05) is 23.4 Å². The van der Waals surface area contributed by atoms with Gasteiger partial charge in [0.05, 0.1) is 13.7 Å². The molecule has 1 aromatic heterocycles. The molecule has 1 aromatic rings. The maximum atomic E-state index is 5.87. The van der Waals surface area contributed by atoms with E-state index >= 15 is 0 Å². The van der Waals surface area contributed by atoms with Crippen LogP contribution in [0.1, 0.15) is 5.56 Å². The van der Waals surface area contributed by atoms with E-state index in [1.54, 1.807) is 12.3 Å². The highest BCUT2D eigenvalue weighted by molar-refractivity contribution is 6.31. The molecule has 1 rings (SSSR count). The van der Waals surface area contributed by atoms with Gasteiger partial charge in [0, 0.05) is 11.8 Å². The van der Waals surface area contributed by atoms with Gasteiger partial charge in [-0.25, -0.2) is 4.98 Å². The fraction of sp³-hybridized carbons (Fsp3) is 0.300. The van der Waals surface area contributed by atoms with Crippen molar-refractivity contribution in [1.29, 1.82) is 0 Å². The molecule has 0 saturated heterocycles. The van der Waals surface area contributed by atoms with Crippen LogP contribution in [0.3, 0.4) is 0 Å². The van der Waals surface area contributed by atoms with Gasteiger partial charge in [-0.15, -0.1) is 0 Å². The molecule has 0 spiro atoms. The smallest absolute Gasteiger partial charge is 0.232 e. The molecule has 0 saturated carbocycles. The van der Waals surface area contributed by atoms with Crippen molar-refractivity contribution in [2.24, 2.45) is 0 Å². The number of ether oxygens (including phenoxy) is 1. The monoisotopic (exact) mass is 210 g/mol. The van der Waals surface area contributed by atoms with E-state index in [2.05, 4.69) is 22.1 Å². The van der Waals surface area contributed by atoms with Crippen LogP contribution in [-0.4, -0.2) is 25.7 Å². The van der Waals surface area contributed by atoms with Crippen LogP contribution in [0, 0.1) is 11.8 Å². The number of pyridine rings is 1. The molecule has 14 heavy (non-hydrogen) atoms. The number of nitrogens with zero attached hydrogens (tertiary/aromatic N) is 1. The molecular formula is C10H11ClN2O. The molecule has 0 aromatic carbocycles. The van der Waals surface area contributed by atoms with E-state index in [1.807, 2.05) is 7.05 Å². The largest absolute Gasteiger partial charge is 0.480 e. The van der Waals surface area contributed by atoms with Gasteiger partial charge in [-0.05, 0) is 13.1 Å². The first-order chi connectivity index (χ1) is 6.77. The van der Waals surface area contributed by atoms with E-state index in [0.29, 0.717) is 17.4 Å². The third-order valence-corrected chi connectivity index (χ3v) is 1.77. The number of methoxy groups -OCH3 is 1. The molecule has 0 aliphatic rings. The second-order valence-corrected chi connectivity index (χ2v) is 2.95. The van der Waals surface area contributed by atoms with Gasteiger partial charge in [-0.3, -0.25) is 0 Å². The average molecular weight is 211 g/mol. The van der Waals surface area contributed by atoms with Crippen LogP contribution < -0.4 is 10.1 Å². The second kappa shape index (κ2) is 5.48. The second-order valence-electron chi connectivity index (χ2n) is 2.55. The summed E-state index contributed by atoms with van der Waals surface area (Å²) in [5.74, 6) is 6.26. The molecule has 0 aliphatic carbocycles. The minimum Gasteiger partial charge on any atom is -0.480 e. The lowest BCUT2D eigenvalue weighted by Crippen LogP contribution is -2.04. The van der Waals surface area contributed by atoms with Gasteiger partial charge in [0.15, 0.2) is 0 Å². The van der Waals surface area contributed by atoms with Crippen molar-refractivity contribution in [3.8, 4) is 17.7 Å². The summed E-state index contributed by atoms with van der Waals surface area (Å²) in [5.41, 5.74) is 0.783. The van der Waals surface area contributed by atoms with Gasteiger partial charge < -0.3 is 10.1 Å². The molecule has 0 amide bonds. The number of hydrogen-bond acceptors (Lipinski definition) is 3. The number of nitrogens with one attached hydrogen (secondary N) is 1. The zero-order chi connectivity index (χ0) is 10.4. The zero-order valence-electron chi connectivity index (χ0n) is 8.10. The normalized spacial score (nSPS) is 9.07.